The molecule has 1 aliphatic rings. The highest BCUT2D eigenvalue weighted by Crippen LogP contribution is 2.43. The molecule has 1 saturated carbocycles. The van der Waals surface area contributed by atoms with Gasteiger partial charge in [-0.3, -0.25) is 4.79 Å². The van der Waals surface area contributed by atoms with Crippen molar-refractivity contribution in [2.45, 2.75) is 52.4 Å². The number of nitriles is 1. The third-order valence-corrected chi connectivity index (χ3v) is 4.19. The predicted molar refractivity (Wildman–Crippen MR) is 76.1 cm³/mol. The van der Waals surface area contributed by atoms with Gasteiger partial charge in [0.25, 0.3) is 0 Å². The van der Waals surface area contributed by atoms with Gasteiger partial charge in [-0.05, 0) is 42.7 Å². The molecule has 2 rings (SSSR count). The van der Waals surface area contributed by atoms with Crippen LogP contribution in [-0.2, 0) is 5.41 Å². The van der Waals surface area contributed by atoms with Gasteiger partial charge in [-0.15, -0.1) is 0 Å². The zero-order valence-electron chi connectivity index (χ0n) is 12.2. The molecule has 0 unspecified atom stereocenters. The molecule has 2 nitrogen and oxygen atoms in total. The molecule has 0 aliphatic heterocycles. The van der Waals surface area contributed by atoms with E-state index in [1.54, 1.807) is 0 Å². The van der Waals surface area contributed by atoms with Crippen LogP contribution in [0.4, 0.5) is 0 Å². The number of ketones is 1. The number of aryl methyl sites for hydroxylation is 1. The van der Waals surface area contributed by atoms with Crippen LogP contribution in [0.2, 0.25) is 0 Å². The highest BCUT2D eigenvalue weighted by molar-refractivity contribution is 6.04. The first-order chi connectivity index (χ1) is 8.80. The Balaban J connectivity index is 2.38. The summed E-state index contributed by atoms with van der Waals surface area (Å²) in [7, 11) is 0. The molecule has 0 heterocycles. The summed E-state index contributed by atoms with van der Waals surface area (Å²) in [6, 6.07) is 8.23. The molecule has 19 heavy (non-hydrogen) atoms. The maximum Gasteiger partial charge on any atom is 0.183 e. The first kappa shape index (κ1) is 13.8. The van der Waals surface area contributed by atoms with Crippen LogP contribution in [0.5, 0.6) is 0 Å². The first-order valence-electron chi connectivity index (χ1n) is 6.87. The minimum absolute atomic E-state index is 0.0132. The zero-order valence-corrected chi connectivity index (χ0v) is 12.2. The molecule has 0 radical (unpaired) electrons. The van der Waals surface area contributed by atoms with E-state index in [2.05, 4.69) is 32.9 Å². The zero-order chi connectivity index (χ0) is 14.3. The van der Waals surface area contributed by atoms with Gasteiger partial charge in [0.2, 0.25) is 0 Å². The number of Topliss-reactive ketones (excluding diaryl/α,β-unsaturated/α-hetero) is 1. The molecule has 1 aromatic carbocycles. The van der Waals surface area contributed by atoms with E-state index in [9.17, 15) is 10.1 Å². The molecule has 1 aliphatic carbocycles. The Hall–Kier alpha value is -1.62. The smallest absolute Gasteiger partial charge is 0.183 e. The Bertz CT molecular complexity index is 554. The van der Waals surface area contributed by atoms with Gasteiger partial charge < -0.3 is 0 Å². The van der Waals surface area contributed by atoms with E-state index in [0.717, 1.165) is 12.0 Å². The molecule has 0 amide bonds. The van der Waals surface area contributed by atoms with Crippen LogP contribution >= 0.6 is 0 Å². The van der Waals surface area contributed by atoms with Crippen molar-refractivity contribution in [2.75, 3.05) is 0 Å². The molecule has 1 fully saturated rings. The Kier molecular flexibility index (Phi) is 3.26. The molecule has 100 valence electrons. The van der Waals surface area contributed by atoms with Crippen molar-refractivity contribution in [3.63, 3.8) is 0 Å². The number of carbonyl (C=O) groups excluding carboxylic acids is 1. The van der Waals surface area contributed by atoms with Gasteiger partial charge in [0.15, 0.2) is 5.78 Å². The largest absolute Gasteiger partial charge is 0.292 e. The molecular formula is C17H21NO. The summed E-state index contributed by atoms with van der Waals surface area (Å²) in [6.07, 6.45) is 2.41. The van der Waals surface area contributed by atoms with E-state index in [0.29, 0.717) is 18.4 Å². The molecule has 0 saturated heterocycles. The minimum Gasteiger partial charge on any atom is -0.292 e. The highest BCUT2D eigenvalue weighted by atomic mass is 16.1. The third-order valence-electron chi connectivity index (χ3n) is 4.19. The number of nitrogens with zero attached hydrogens (tertiary/aromatic N) is 1. The van der Waals surface area contributed by atoms with Crippen molar-refractivity contribution in [2.24, 2.45) is 5.41 Å². The topological polar surface area (TPSA) is 40.9 Å². The normalized spacial score (nSPS) is 17.4. The lowest BCUT2D eigenvalue weighted by atomic mass is 9.65. The van der Waals surface area contributed by atoms with Gasteiger partial charge in [-0.25, -0.2) is 0 Å². The van der Waals surface area contributed by atoms with Gasteiger partial charge in [0.05, 0.1) is 6.07 Å². The second-order valence-electron chi connectivity index (χ2n) is 6.66. The Morgan fingerprint density at radius 2 is 1.95 bits per heavy atom. The molecule has 1 aromatic rings. The standard InChI is InChI=1S/C17H21NO/c1-12-10-13(16(2,3)4)6-7-14(12)15(19)17(11-18)8-5-9-17/h6-7,10H,5,8-9H2,1-4H3. The molecule has 0 bridgehead atoms. The Morgan fingerprint density at radius 1 is 1.32 bits per heavy atom. The van der Waals surface area contributed by atoms with Crippen molar-refractivity contribution in [3.05, 3.63) is 34.9 Å². The lowest BCUT2D eigenvalue weighted by Crippen LogP contribution is -2.37. The van der Waals surface area contributed by atoms with Crippen LogP contribution in [0.3, 0.4) is 0 Å². The van der Waals surface area contributed by atoms with Gasteiger partial charge in [0.1, 0.15) is 5.41 Å². The van der Waals surface area contributed by atoms with Gasteiger partial charge in [0, 0.05) is 5.56 Å². The van der Waals surface area contributed by atoms with Crippen molar-refractivity contribution >= 4 is 5.78 Å². The maximum atomic E-state index is 12.5. The molecule has 0 N–H and O–H groups in total. The van der Waals surface area contributed by atoms with Gasteiger partial charge >= 0.3 is 0 Å². The van der Waals surface area contributed by atoms with E-state index in [1.165, 1.54) is 5.56 Å². The fraction of sp³-hybridized carbons (Fsp3) is 0.529. The van der Waals surface area contributed by atoms with Crippen LogP contribution in [0.15, 0.2) is 18.2 Å². The second-order valence-corrected chi connectivity index (χ2v) is 6.66. The fourth-order valence-corrected chi connectivity index (χ4v) is 2.56. The molecule has 0 aromatic heterocycles. The molecule has 0 spiro atoms. The Morgan fingerprint density at radius 3 is 2.32 bits per heavy atom. The summed E-state index contributed by atoms with van der Waals surface area (Å²) in [5.74, 6) is 0.0132. The summed E-state index contributed by atoms with van der Waals surface area (Å²) in [5.41, 5.74) is 2.26. The number of rotatable bonds is 2. The summed E-state index contributed by atoms with van der Waals surface area (Å²) < 4.78 is 0. The van der Waals surface area contributed by atoms with E-state index < -0.39 is 5.41 Å². The lowest BCUT2D eigenvalue weighted by Gasteiger charge is -2.34. The van der Waals surface area contributed by atoms with Crippen LogP contribution < -0.4 is 0 Å². The van der Waals surface area contributed by atoms with E-state index in [4.69, 9.17) is 0 Å². The first-order valence-corrected chi connectivity index (χ1v) is 6.87. The van der Waals surface area contributed by atoms with Crippen molar-refractivity contribution in [1.82, 2.24) is 0 Å². The molecular weight excluding hydrogens is 234 g/mol. The van der Waals surface area contributed by atoms with Crippen molar-refractivity contribution < 1.29 is 4.79 Å². The minimum atomic E-state index is -0.742. The van der Waals surface area contributed by atoms with Crippen molar-refractivity contribution in [3.8, 4) is 6.07 Å². The van der Waals surface area contributed by atoms with Gasteiger partial charge in [-0.2, -0.15) is 5.26 Å². The third kappa shape index (κ3) is 2.30. The second kappa shape index (κ2) is 4.49. The average molecular weight is 255 g/mol. The molecule has 0 atom stereocenters. The monoisotopic (exact) mass is 255 g/mol. The number of benzene rings is 1. The van der Waals surface area contributed by atoms with Crippen LogP contribution in [0.1, 0.15) is 61.5 Å². The van der Waals surface area contributed by atoms with Crippen LogP contribution in [0, 0.1) is 23.7 Å². The van der Waals surface area contributed by atoms with Crippen LogP contribution in [-0.4, -0.2) is 5.78 Å². The van der Waals surface area contributed by atoms with E-state index in [1.807, 2.05) is 19.1 Å². The number of hydrogen-bond acceptors (Lipinski definition) is 2. The quantitative estimate of drug-likeness (QED) is 0.744. The SMILES string of the molecule is Cc1cc(C(C)(C)C)ccc1C(=O)C1(C#N)CCC1. The van der Waals surface area contributed by atoms with Crippen LogP contribution in [0.25, 0.3) is 0 Å². The summed E-state index contributed by atoms with van der Waals surface area (Å²) in [6.45, 7) is 8.44. The summed E-state index contributed by atoms with van der Waals surface area (Å²) in [5, 5.41) is 9.27. The average Bonchev–Trinajstić information content (AvgIpc) is 2.26. The number of carbonyl (C=O) groups is 1. The van der Waals surface area contributed by atoms with Gasteiger partial charge in [-0.1, -0.05) is 39.0 Å². The lowest BCUT2D eigenvalue weighted by molar-refractivity contribution is 0.0748. The maximum absolute atomic E-state index is 12.5. The highest BCUT2D eigenvalue weighted by Gasteiger charge is 2.45. The summed E-state index contributed by atoms with van der Waals surface area (Å²) in [4.78, 5) is 12.5. The summed E-state index contributed by atoms with van der Waals surface area (Å²) >= 11 is 0. The Labute approximate surface area is 115 Å². The fourth-order valence-electron chi connectivity index (χ4n) is 2.56. The van der Waals surface area contributed by atoms with E-state index in [-0.39, 0.29) is 11.2 Å². The predicted octanol–water partition coefficient (Wildman–Crippen LogP) is 4.17. The number of hydrogen-bond donors (Lipinski definition) is 0. The van der Waals surface area contributed by atoms with E-state index >= 15 is 0 Å². The van der Waals surface area contributed by atoms with Crippen molar-refractivity contribution in [1.29, 1.82) is 5.26 Å². The molecule has 2 heteroatoms.